The molecule has 0 fully saturated rings. The summed E-state index contributed by atoms with van der Waals surface area (Å²) >= 11 is 0. The van der Waals surface area contributed by atoms with Crippen molar-refractivity contribution in [2.45, 2.75) is 32.2 Å². The number of amides is 1. The van der Waals surface area contributed by atoms with Crippen molar-refractivity contribution < 1.29 is 24.2 Å². The van der Waals surface area contributed by atoms with Crippen molar-refractivity contribution >= 4 is 11.9 Å². The highest BCUT2D eigenvalue weighted by atomic mass is 16.5. The fourth-order valence-electron chi connectivity index (χ4n) is 1.60. The molecule has 0 aromatic rings. The van der Waals surface area contributed by atoms with Crippen LogP contribution in [0.15, 0.2) is 0 Å². The molecule has 0 saturated carbocycles. The number of ether oxygens (including phenoxy) is 2. The second kappa shape index (κ2) is 9.85. The average Bonchev–Trinajstić information content (AvgIpc) is 2.27. The molecule has 0 rings (SSSR count). The Kier molecular flexibility index (Phi) is 9.22. The first-order chi connectivity index (χ1) is 8.51. The molecule has 0 heterocycles. The maximum atomic E-state index is 11.6. The van der Waals surface area contributed by atoms with Crippen LogP contribution in [0.5, 0.6) is 0 Å². The van der Waals surface area contributed by atoms with Crippen LogP contribution in [-0.4, -0.2) is 50.5 Å². The Hall–Kier alpha value is -1.14. The van der Waals surface area contributed by atoms with Crippen molar-refractivity contribution in [3.8, 4) is 0 Å². The van der Waals surface area contributed by atoms with E-state index >= 15 is 0 Å². The van der Waals surface area contributed by atoms with Crippen molar-refractivity contribution in [2.75, 3.05) is 27.4 Å². The van der Waals surface area contributed by atoms with Gasteiger partial charge in [0.15, 0.2) is 0 Å². The van der Waals surface area contributed by atoms with Gasteiger partial charge in [0.2, 0.25) is 5.91 Å². The molecule has 0 aliphatic heterocycles. The first-order valence-corrected chi connectivity index (χ1v) is 6.01. The third-order valence-corrected chi connectivity index (χ3v) is 2.46. The van der Waals surface area contributed by atoms with Crippen LogP contribution in [0.3, 0.4) is 0 Å². The number of rotatable bonds is 10. The molecule has 0 bridgehead atoms. The summed E-state index contributed by atoms with van der Waals surface area (Å²) in [6, 6.07) is -0.845. The lowest BCUT2D eigenvalue weighted by Gasteiger charge is -2.16. The Labute approximate surface area is 108 Å². The van der Waals surface area contributed by atoms with Crippen LogP contribution in [0, 0.1) is 5.92 Å². The minimum atomic E-state index is -1.01. The Balaban J connectivity index is 4.07. The van der Waals surface area contributed by atoms with E-state index in [1.807, 2.05) is 6.92 Å². The molecular formula is C12H23NO5. The van der Waals surface area contributed by atoms with E-state index in [2.05, 4.69) is 5.32 Å². The largest absolute Gasteiger partial charge is 0.480 e. The van der Waals surface area contributed by atoms with E-state index in [9.17, 15) is 9.59 Å². The van der Waals surface area contributed by atoms with E-state index < -0.39 is 12.0 Å². The Morgan fingerprint density at radius 3 is 2.44 bits per heavy atom. The quantitative estimate of drug-likeness (QED) is 0.564. The number of carboxylic acids is 1. The number of carbonyl (C=O) groups is 2. The standard InChI is InChI=1S/C12H23NO5/c1-9(8-18-3)7-11(14)13-10(12(15)16)5-4-6-17-2/h9-10H,4-8H2,1-3H3,(H,13,14)(H,15,16). The summed E-state index contributed by atoms with van der Waals surface area (Å²) in [5, 5.41) is 11.5. The highest BCUT2D eigenvalue weighted by Gasteiger charge is 2.20. The van der Waals surface area contributed by atoms with E-state index in [0.717, 1.165) is 0 Å². The molecule has 0 aromatic heterocycles. The summed E-state index contributed by atoms with van der Waals surface area (Å²) in [4.78, 5) is 22.6. The Morgan fingerprint density at radius 1 is 1.28 bits per heavy atom. The molecular weight excluding hydrogens is 238 g/mol. The van der Waals surface area contributed by atoms with Gasteiger partial charge in [0.05, 0.1) is 0 Å². The average molecular weight is 261 g/mol. The maximum Gasteiger partial charge on any atom is 0.326 e. The summed E-state index contributed by atoms with van der Waals surface area (Å²) in [5.41, 5.74) is 0. The number of carboxylic acid groups (broad SMARTS) is 1. The zero-order valence-corrected chi connectivity index (χ0v) is 11.3. The van der Waals surface area contributed by atoms with Crippen LogP contribution >= 0.6 is 0 Å². The number of carbonyl (C=O) groups excluding carboxylic acids is 1. The molecule has 0 aromatic carbocycles. The lowest BCUT2D eigenvalue weighted by atomic mass is 10.1. The second-order valence-corrected chi connectivity index (χ2v) is 4.36. The summed E-state index contributed by atoms with van der Waals surface area (Å²) in [6.07, 6.45) is 1.23. The third kappa shape index (κ3) is 8.03. The van der Waals surface area contributed by atoms with E-state index in [4.69, 9.17) is 14.6 Å². The van der Waals surface area contributed by atoms with Gasteiger partial charge in [-0.1, -0.05) is 6.92 Å². The number of aliphatic carboxylic acids is 1. The second-order valence-electron chi connectivity index (χ2n) is 4.36. The molecule has 6 nitrogen and oxygen atoms in total. The van der Waals surface area contributed by atoms with E-state index in [-0.39, 0.29) is 18.2 Å². The molecule has 2 atom stereocenters. The van der Waals surface area contributed by atoms with Crippen molar-refractivity contribution in [3.63, 3.8) is 0 Å². The van der Waals surface area contributed by atoms with Crippen LogP contribution < -0.4 is 5.32 Å². The van der Waals surface area contributed by atoms with E-state index in [1.54, 1.807) is 14.2 Å². The lowest BCUT2D eigenvalue weighted by Crippen LogP contribution is -2.41. The minimum Gasteiger partial charge on any atom is -0.480 e. The fraction of sp³-hybridized carbons (Fsp3) is 0.833. The van der Waals surface area contributed by atoms with Crippen molar-refractivity contribution in [1.29, 1.82) is 0 Å². The number of nitrogens with one attached hydrogen (secondary N) is 1. The molecule has 6 heteroatoms. The van der Waals surface area contributed by atoms with E-state index in [0.29, 0.717) is 26.1 Å². The summed E-state index contributed by atoms with van der Waals surface area (Å²) < 4.78 is 9.77. The summed E-state index contributed by atoms with van der Waals surface area (Å²) in [6.45, 7) is 2.85. The highest BCUT2D eigenvalue weighted by molar-refractivity contribution is 5.83. The van der Waals surface area contributed by atoms with Crippen LogP contribution in [0.1, 0.15) is 26.2 Å². The smallest absolute Gasteiger partial charge is 0.326 e. The van der Waals surface area contributed by atoms with Crippen LogP contribution in [0.4, 0.5) is 0 Å². The van der Waals surface area contributed by atoms with Crippen LogP contribution in [-0.2, 0) is 19.1 Å². The minimum absolute atomic E-state index is 0.0726. The van der Waals surface area contributed by atoms with Crippen LogP contribution in [0.25, 0.3) is 0 Å². The van der Waals surface area contributed by atoms with Crippen LogP contribution in [0.2, 0.25) is 0 Å². The molecule has 106 valence electrons. The predicted molar refractivity (Wildman–Crippen MR) is 66.3 cm³/mol. The summed E-state index contributed by atoms with van der Waals surface area (Å²) in [5.74, 6) is -1.20. The lowest BCUT2D eigenvalue weighted by molar-refractivity contribution is -0.142. The van der Waals surface area contributed by atoms with Gasteiger partial charge in [0, 0.05) is 33.9 Å². The van der Waals surface area contributed by atoms with Gasteiger partial charge in [-0.2, -0.15) is 0 Å². The molecule has 2 N–H and O–H groups in total. The Bertz CT molecular complexity index is 257. The van der Waals surface area contributed by atoms with Crippen molar-refractivity contribution in [3.05, 3.63) is 0 Å². The zero-order chi connectivity index (χ0) is 14.0. The number of hydrogen-bond donors (Lipinski definition) is 2. The predicted octanol–water partition coefficient (Wildman–Crippen LogP) is 0.655. The molecule has 0 aliphatic rings. The highest BCUT2D eigenvalue weighted by Crippen LogP contribution is 2.04. The van der Waals surface area contributed by atoms with Gasteiger partial charge in [0.25, 0.3) is 0 Å². The van der Waals surface area contributed by atoms with Gasteiger partial charge in [0.1, 0.15) is 6.04 Å². The topological polar surface area (TPSA) is 84.9 Å². The van der Waals surface area contributed by atoms with Gasteiger partial charge in [-0.25, -0.2) is 4.79 Å². The van der Waals surface area contributed by atoms with Gasteiger partial charge in [-0.15, -0.1) is 0 Å². The van der Waals surface area contributed by atoms with Crippen molar-refractivity contribution in [1.82, 2.24) is 5.32 Å². The SMILES string of the molecule is COCCCC(NC(=O)CC(C)COC)C(=O)O. The summed E-state index contributed by atoms with van der Waals surface area (Å²) in [7, 11) is 3.12. The Morgan fingerprint density at radius 2 is 1.94 bits per heavy atom. The molecule has 1 amide bonds. The maximum absolute atomic E-state index is 11.6. The van der Waals surface area contributed by atoms with Crippen molar-refractivity contribution in [2.24, 2.45) is 5.92 Å². The fourth-order valence-corrected chi connectivity index (χ4v) is 1.60. The van der Waals surface area contributed by atoms with E-state index in [1.165, 1.54) is 0 Å². The molecule has 0 saturated heterocycles. The zero-order valence-electron chi connectivity index (χ0n) is 11.3. The third-order valence-electron chi connectivity index (χ3n) is 2.46. The monoisotopic (exact) mass is 261 g/mol. The normalized spacial score (nSPS) is 13.9. The van der Waals surface area contributed by atoms with Gasteiger partial charge < -0.3 is 19.9 Å². The number of methoxy groups -OCH3 is 2. The van der Waals surface area contributed by atoms with Gasteiger partial charge in [-0.05, 0) is 18.8 Å². The molecule has 18 heavy (non-hydrogen) atoms. The molecule has 0 spiro atoms. The first-order valence-electron chi connectivity index (χ1n) is 6.01. The first kappa shape index (κ1) is 16.9. The van der Waals surface area contributed by atoms with Gasteiger partial charge >= 0.3 is 5.97 Å². The van der Waals surface area contributed by atoms with Gasteiger partial charge in [-0.3, -0.25) is 4.79 Å². The molecule has 0 aliphatic carbocycles. The molecule has 0 radical (unpaired) electrons. The number of hydrogen-bond acceptors (Lipinski definition) is 4. The molecule has 2 unspecified atom stereocenters.